The molecule has 4 heterocycles. The molecule has 2 fully saturated rings. The third kappa shape index (κ3) is 4.30. The Balaban J connectivity index is 1.41. The highest BCUT2D eigenvalue weighted by molar-refractivity contribution is 5.81. The molecule has 2 aliphatic heterocycles. The van der Waals surface area contributed by atoms with Crippen molar-refractivity contribution in [1.29, 1.82) is 0 Å². The van der Waals surface area contributed by atoms with Gasteiger partial charge in [-0.15, -0.1) is 0 Å². The van der Waals surface area contributed by atoms with Crippen molar-refractivity contribution in [1.82, 2.24) is 14.9 Å². The first kappa shape index (κ1) is 18.8. The Morgan fingerprint density at radius 3 is 2.75 bits per heavy atom. The predicted molar refractivity (Wildman–Crippen MR) is 104 cm³/mol. The van der Waals surface area contributed by atoms with Crippen LogP contribution < -0.4 is 5.32 Å². The second-order valence-electron chi connectivity index (χ2n) is 7.51. The number of pyridine rings is 2. The van der Waals surface area contributed by atoms with Gasteiger partial charge >= 0.3 is 0 Å². The number of aromatic nitrogens is 2. The minimum absolute atomic E-state index is 0.137. The summed E-state index contributed by atoms with van der Waals surface area (Å²) in [6.45, 7) is 4.13. The number of carbonyl (C=O) groups is 1. The standard InChI is InChI=1S/C21H25FN4O2/c1-14-11-17(25-20-5-4-16(22)13-23-20)12-18(24-14)15-6-8-26(9-7-15)21(27)19-3-2-10-28-19/h4-5,11-13,15,19H,2-3,6-10H2,1H3,(H,23,24,25). The summed E-state index contributed by atoms with van der Waals surface area (Å²) in [6, 6.07) is 6.97. The number of amides is 1. The minimum atomic E-state index is -0.360. The zero-order valence-electron chi connectivity index (χ0n) is 16.0. The van der Waals surface area contributed by atoms with Gasteiger partial charge in [-0.2, -0.15) is 0 Å². The quantitative estimate of drug-likeness (QED) is 0.873. The number of hydrogen-bond acceptors (Lipinski definition) is 5. The highest BCUT2D eigenvalue weighted by Gasteiger charge is 2.31. The first-order valence-electron chi connectivity index (χ1n) is 9.86. The number of anilines is 2. The summed E-state index contributed by atoms with van der Waals surface area (Å²) < 4.78 is 18.6. The molecule has 0 spiro atoms. The first-order valence-corrected chi connectivity index (χ1v) is 9.86. The number of nitrogens with zero attached hydrogens (tertiary/aromatic N) is 3. The number of hydrogen-bond donors (Lipinski definition) is 1. The van der Waals surface area contributed by atoms with Crippen molar-refractivity contribution in [2.45, 2.75) is 44.6 Å². The molecule has 0 bridgehead atoms. The van der Waals surface area contributed by atoms with E-state index in [0.717, 1.165) is 55.8 Å². The first-order chi connectivity index (χ1) is 13.6. The molecule has 6 nitrogen and oxygen atoms in total. The molecule has 2 aliphatic rings. The Morgan fingerprint density at radius 2 is 2.07 bits per heavy atom. The average molecular weight is 384 g/mol. The maximum Gasteiger partial charge on any atom is 0.251 e. The van der Waals surface area contributed by atoms with E-state index in [4.69, 9.17) is 9.72 Å². The molecular formula is C21H25FN4O2. The number of aryl methyl sites for hydroxylation is 1. The second kappa shape index (κ2) is 8.22. The van der Waals surface area contributed by atoms with Crippen molar-refractivity contribution in [3.63, 3.8) is 0 Å². The van der Waals surface area contributed by atoms with Crippen LogP contribution in [0, 0.1) is 12.7 Å². The van der Waals surface area contributed by atoms with Crippen molar-refractivity contribution < 1.29 is 13.9 Å². The zero-order valence-corrected chi connectivity index (χ0v) is 16.0. The fraction of sp³-hybridized carbons (Fsp3) is 0.476. The number of halogens is 1. The number of rotatable bonds is 4. The van der Waals surface area contributed by atoms with Crippen LogP contribution in [0.15, 0.2) is 30.5 Å². The van der Waals surface area contributed by atoms with E-state index in [1.165, 1.54) is 12.3 Å². The van der Waals surface area contributed by atoms with E-state index in [-0.39, 0.29) is 17.8 Å². The van der Waals surface area contributed by atoms with Gasteiger partial charge in [-0.25, -0.2) is 9.37 Å². The average Bonchev–Trinajstić information content (AvgIpc) is 3.24. The summed E-state index contributed by atoms with van der Waals surface area (Å²) >= 11 is 0. The van der Waals surface area contributed by atoms with Gasteiger partial charge in [0.2, 0.25) is 0 Å². The monoisotopic (exact) mass is 384 g/mol. The summed E-state index contributed by atoms with van der Waals surface area (Å²) in [5, 5.41) is 3.22. The SMILES string of the molecule is Cc1cc(Nc2ccc(F)cn2)cc(C2CCN(C(=O)C3CCCO3)CC2)n1. The van der Waals surface area contributed by atoms with Crippen molar-refractivity contribution in [2.24, 2.45) is 0 Å². The summed E-state index contributed by atoms with van der Waals surface area (Å²) in [5.74, 6) is 0.685. The molecule has 1 N–H and O–H groups in total. The fourth-order valence-corrected chi connectivity index (χ4v) is 3.94. The molecule has 1 atom stereocenters. The van der Waals surface area contributed by atoms with Crippen LogP contribution in [0.25, 0.3) is 0 Å². The largest absolute Gasteiger partial charge is 0.368 e. The van der Waals surface area contributed by atoms with E-state index in [2.05, 4.69) is 10.3 Å². The molecule has 7 heteroatoms. The van der Waals surface area contributed by atoms with Crippen LogP contribution in [-0.2, 0) is 9.53 Å². The molecule has 1 amide bonds. The van der Waals surface area contributed by atoms with Crippen LogP contribution in [-0.4, -0.2) is 46.6 Å². The van der Waals surface area contributed by atoms with Crippen LogP contribution >= 0.6 is 0 Å². The summed E-state index contributed by atoms with van der Waals surface area (Å²) in [4.78, 5) is 23.2. The fourth-order valence-electron chi connectivity index (χ4n) is 3.94. The Hall–Kier alpha value is -2.54. The van der Waals surface area contributed by atoms with Gasteiger partial charge in [-0.1, -0.05) is 0 Å². The van der Waals surface area contributed by atoms with Gasteiger partial charge in [0, 0.05) is 42.7 Å². The van der Waals surface area contributed by atoms with E-state index in [0.29, 0.717) is 18.3 Å². The lowest BCUT2D eigenvalue weighted by Crippen LogP contribution is -2.43. The second-order valence-corrected chi connectivity index (χ2v) is 7.51. The number of piperidine rings is 1. The number of nitrogens with one attached hydrogen (secondary N) is 1. The molecule has 4 rings (SSSR count). The molecule has 148 valence electrons. The molecule has 2 aromatic heterocycles. The maximum absolute atomic E-state index is 13.0. The lowest BCUT2D eigenvalue weighted by atomic mass is 9.92. The number of carbonyl (C=O) groups excluding carboxylic acids is 1. The van der Waals surface area contributed by atoms with Crippen LogP contribution in [0.4, 0.5) is 15.9 Å². The molecule has 0 saturated carbocycles. The van der Waals surface area contributed by atoms with Crippen molar-refractivity contribution >= 4 is 17.4 Å². The Bertz CT molecular complexity index is 829. The zero-order chi connectivity index (χ0) is 19.5. The Morgan fingerprint density at radius 1 is 1.25 bits per heavy atom. The van der Waals surface area contributed by atoms with Gasteiger partial charge in [-0.3, -0.25) is 9.78 Å². The van der Waals surface area contributed by atoms with Gasteiger partial charge in [-0.05, 0) is 56.9 Å². The summed E-state index contributed by atoms with van der Waals surface area (Å²) in [7, 11) is 0. The van der Waals surface area contributed by atoms with E-state index in [1.54, 1.807) is 6.07 Å². The molecule has 0 aromatic carbocycles. The highest BCUT2D eigenvalue weighted by atomic mass is 19.1. The Kier molecular flexibility index (Phi) is 5.52. The van der Waals surface area contributed by atoms with Crippen molar-refractivity contribution in [3.8, 4) is 0 Å². The molecule has 1 unspecified atom stereocenters. The maximum atomic E-state index is 13.0. The van der Waals surface area contributed by atoms with Gasteiger partial charge in [0.25, 0.3) is 5.91 Å². The summed E-state index contributed by atoms with van der Waals surface area (Å²) in [5.41, 5.74) is 2.83. The third-order valence-corrected chi connectivity index (χ3v) is 5.40. The van der Waals surface area contributed by atoms with Crippen molar-refractivity contribution in [2.75, 3.05) is 25.0 Å². The number of likely N-dealkylation sites (tertiary alicyclic amines) is 1. The topological polar surface area (TPSA) is 67.4 Å². The van der Waals surface area contributed by atoms with Gasteiger partial charge in [0.05, 0.1) is 6.20 Å². The van der Waals surface area contributed by atoms with E-state index >= 15 is 0 Å². The molecule has 28 heavy (non-hydrogen) atoms. The highest BCUT2D eigenvalue weighted by Crippen LogP contribution is 2.30. The van der Waals surface area contributed by atoms with E-state index < -0.39 is 0 Å². The van der Waals surface area contributed by atoms with Crippen LogP contribution in [0.5, 0.6) is 0 Å². The lowest BCUT2D eigenvalue weighted by Gasteiger charge is -2.33. The van der Waals surface area contributed by atoms with Crippen LogP contribution in [0.3, 0.4) is 0 Å². The van der Waals surface area contributed by atoms with E-state index in [9.17, 15) is 9.18 Å². The predicted octanol–water partition coefficient (Wildman–Crippen LogP) is 3.55. The summed E-state index contributed by atoms with van der Waals surface area (Å²) in [6.07, 6.45) is 4.54. The molecule has 2 saturated heterocycles. The Labute approximate surface area is 164 Å². The third-order valence-electron chi connectivity index (χ3n) is 5.40. The van der Waals surface area contributed by atoms with Crippen LogP contribution in [0.2, 0.25) is 0 Å². The molecule has 2 aromatic rings. The molecule has 0 radical (unpaired) electrons. The molecular weight excluding hydrogens is 359 g/mol. The van der Waals surface area contributed by atoms with Gasteiger partial charge < -0.3 is 15.0 Å². The van der Waals surface area contributed by atoms with Gasteiger partial charge in [0.15, 0.2) is 0 Å². The number of ether oxygens (including phenoxy) is 1. The lowest BCUT2D eigenvalue weighted by molar-refractivity contribution is -0.142. The minimum Gasteiger partial charge on any atom is -0.368 e. The van der Waals surface area contributed by atoms with Crippen LogP contribution in [0.1, 0.15) is 43.0 Å². The van der Waals surface area contributed by atoms with Crippen molar-refractivity contribution in [3.05, 3.63) is 47.7 Å². The smallest absolute Gasteiger partial charge is 0.251 e. The van der Waals surface area contributed by atoms with E-state index in [1.807, 2.05) is 24.0 Å². The van der Waals surface area contributed by atoms with Gasteiger partial charge in [0.1, 0.15) is 17.7 Å². The normalized spacial score (nSPS) is 20.4. The molecule has 0 aliphatic carbocycles.